The fourth-order valence-electron chi connectivity index (χ4n) is 2.13. The number of carbonyl (C=O) groups is 1. The molecule has 0 bridgehead atoms. The van der Waals surface area contributed by atoms with Crippen molar-refractivity contribution < 1.29 is 14.0 Å². The summed E-state index contributed by atoms with van der Waals surface area (Å²) in [5.74, 6) is 0.367. The van der Waals surface area contributed by atoms with Crippen LogP contribution in [0.3, 0.4) is 0 Å². The molecule has 2 N–H and O–H groups in total. The Kier molecular flexibility index (Phi) is 5.92. The van der Waals surface area contributed by atoms with Gasteiger partial charge in [0.2, 0.25) is 11.6 Å². The molecule has 0 atom stereocenters. The van der Waals surface area contributed by atoms with E-state index < -0.39 is 5.63 Å². The summed E-state index contributed by atoms with van der Waals surface area (Å²) in [5.41, 5.74) is 1.10. The van der Waals surface area contributed by atoms with Crippen molar-refractivity contribution in [3.8, 4) is 5.69 Å². The van der Waals surface area contributed by atoms with Crippen molar-refractivity contribution in [3.05, 3.63) is 68.6 Å². The number of anilines is 1. The summed E-state index contributed by atoms with van der Waals surface area (Å²) < 4.78 is 7.56. The minimum atomic E-state index is -0.452. The van der Waals surface area contributed by atoms with Gasteiger partial charge in [0.15, 0.2) is 0 Å². The third kappa shape index (κ3) is 4.73. The van der Waals surface area contributed by atoms with Gasteiger partial charge in [-0.3, -0.25) is 9.32 Å². The van der Waals surface area contributed by atoms with Gasteiger partial charge in [0.05, 0.1) is 0 Å². The van der Waals surface area contributed by atoms with Gasteiger partial charge in [-0.15, -0.1) is 0 Å². The normalized spacial score (nSPS) is 10.6. The van der Waals surface area contributed by atoms with Crippen LogP contribution in [0, 0.1) is 3.57 Å². The first kappa shape index (κ1) is 17.7. The Morgan fingerprint density at radius 1 is 1.16 bits per heavy atom. The molecule has 0 saturated heterocycles. The zero-order chi connectivity index (χ0) is 17.6. The second-order valence-electron chi connectivity index (χ2n) is 5.11. The van der Waals surface area contributed by atoms with Crippen LogP contribution in [0.15, 0.2) is 68.9 Å². The van der Waals surface area contributed by atoms with Gasteiger partial charge in [0.1, 0.15) is 0 Å². The number of hydrogen-bond acceptors (Lipinski definition) is 4. The molecule has 0 saturated carbocycles. The molecule has 25 heavy (non-hydrogen) atoms. The molecule has 3 aromatic rings. The van der Waals surface area contributed by atoms with E-state index in [0.29, 0.717) is 10.8 Å². The lowest BCUT2D eigenvalue weighted by molar-refractivity contribution is -0.704. The summed E-state index contributed by atoms with van der Waals surface area (Å²) in [5, 5.41) is 5.83. The second kappa shape index (κ2) is 8.34. The molecule has 0 aliphatic heterocycles. The van der Waals surface area contributed by atoms with Gasteiger partial charge in [-0.2, -0.15) is 0 Å². The van der Waals surface area contributed by atoms with Crippen molar-refractivity contribution in [1.82, 2.24) is 5.27 Å². The molecule has 2 aromatic carbocycles. The number of nitrogens with zero attached hydrogens (tertiary/aromatic N) is 1. The zero-order valence-electron chi connectivity index (χ0n) is 13.1. The van der Waals surface area contributed by atoms with Crippen LogP contribution in [0.2, 0.25) is 0 Å². The van der Waals surface area contributed by atoms with Crippen LogP contribution in [0.5, 0.6) is 0 Å². The highest BCUT2D eigenvalue weighted by Gasteiger charge is 2.23. The van der Waals surface area contributed by atoms with Crippen LogP contribution < -0.4 is 15.6 Å². The van der Waals surface area contributed by atoms with E-state index in [1.54, 1.807) is 4.68 Å². The predicted molar refractivity (Wildman–Crippen MR) is 104 cm³/mol. The van der Waals surface area contributed by atoms with Crippen molar-refractivity contribution in [2.45, 2.75) is 11.4 Å². The Bertz CT molecular complexity index is 907. The molecule has 0 radical (unpaired) electrons. The van der Waals surface area contributed by atoms with Gasteiger partial charge in [-0.05, 0) is 68.6 Å². The number of halogens is 1. The number of rotatable bonds is 6. The maximum Gasteiger partial charge on any atom is 0.442 e. The summed E-state index contributed by atoms with van der Waals surface area (Å²) >= 11 is 3.49. The van der Waals surface area contributed by atoms with Crippen LogP contribution in [0.25, 0.3) is 5.69 Å². The van der Waals surface area contributed by atoms with E-state index >= 15 is 0 Å². The summed E-state index contributed by atoms with van der Waals surface area (Å²) in [6, 6.07) is 16.9. The quantitative estimate of drug-likeness (QED) is 0.331. The second-order valence-corrected chi connectivity index (χ2v) is 7.44. The lowest BCUT2D eigenvalue weighted by Gasteiger charge is -2.04. The highest BCUT2D eigenvalue weighted by molar-refractivity contribution is 14.1. The Balaban J connectivity index is 1.59. The molecule has 1 heterocycles. The van der Waals surface area contributed by atoms with Gasteiger partial charge in [0.25, 0.3) is 0 Å². The Morgan fingerprint density at radius 3 is 2.60 bits per heavy atom. The minimum Gasteiger partial charge on any atom is -0.326 e. The van der Waals surface area contributed by atoms with Crippen molar-refractivity contribution in [3.63, 3.8) is 0 Å². The van der Waals surface area contributed by atoms with Crippen molar-refractivity contribution in [2.24, 2.45) is 0 Å². The predicted octanol–water partition coefficient (Wildman–Crippen LogP) is 2.97. The summed E-state index contributed by atoms with van der Waals surface area (Å²) in [4.78, 5) is 23.9. The molecule has 0 spiro atoms. The topological polar surface area (TPSA) is 79.0 Å². The number of benzene rings is 2. The molecule has 0 unspecified atom stereocenters. The molecule has 3 rings (SSSR count). The smallest absolute Gasteiger partial charge is 0.326 e. The summed E-state index contributed by atoms with van der Waals surface area (Å²) in [6.07, 6.45) is 0.288. The number of para-hydroxylation sites is 1. The van der Waals surface area contributed by atoms with Crippen LogP contribution in [0.4, 0.5) is 5.69 Å². The average Bonchev–Trinajstić information content (AvgIpc) is 2.99. The lowest BCUT2D eigenvalue weighted by atomic mass is 10.3. The summed E-state index contributed by atoms with van der Waals surface area (Å²) in [6.45, 7) is 0. The summed E-state index contributed by atoms with van der Waals surface area (Å²) in [7, 11) is 0. The number of H-pyrrole nitrogens is 1. The Labute approximate surface area is 161 Å². The van der Waals surface area contributed by atoms with Gasteiger partial charge in [-0.1, -0.05) is 18.2 Å². The molecule has 0 fully saturated rings. The first-order chi connectivity index (χ1) is 12.1. The third-order valence-electron chi connectivity index (χ3n) is 3.32. The van der Waals surface area contributed by atoms with Crippen molar-refractivity contribution in [1.29, 1.82) is 0 Å². The van der Waals surface area contributed by atoms with Gasteiger partial charge in [0, 0.05) is 33.6 Å². The first-order valence-corrected chi connectivity index (χ1v) is 9.57. The molecule has 1 amide bonds. The highest BCUT2D eigenvalue weighted by Crippen LogP contribution is 2.14. The first-order valence-electron chi connectivity index (χ1n) is 7.50. The molecular formula is C17H15IN3O3S+. The number of carbonyl (C=O) groups excluding carboxylic acids is 1. The van der Waals surface area contributed by atoms with Crippen LogP contribution in [-0.2, 0) is 4.79 Å². The fraction of sp³-hybridized carbons (Fsp3) is 0.118. The molecule has 8 heteroatoms. The van der Waals surface area contributed by atoms with E-state index in [2.05, 4.69) is 33.2 Å². The Hall–Kier alpha value is -2.07. The van der Waals surface area contributed by atoms with Gasteiger partial charge < -0.3 is 5.32 Å². The maximum absolute atomic E-state index is 12.0. The maximum atomic E-state index is 12.0. The molecule has 1 aromatic heterocycles. The van der Waals surface area contributed by atoms with E-state index in [0.717, 1.165) is 14.9 Å². The average molecular weight is 468 g/mol. The monoisotopic (exact) mass is 468 g/mol. The number of nitrogens with one attached hydrogen (secondary N) is 2. The fourth-order valence-corrected chi connectivity index (χ4v) is 3.40. The minimum absolute atomic E-state index is 0.0973. The van der Waals surface area contributed by atoms with Crippen molar-refractivity contribution >= 4 is 45.9 Å². The number of hydrogen-bond donors (Lipinski definition) is 2. The lowest BCUT2D eigenvalue weighted by Crippen LogP contribution is -2.36. The Morgan fingerprint density at radius 2 is 1.88 bits per heavy atom. The largest absolute Gasteiger partial charge is 0.442 e. The van der Waals surface area contributed by atoms with Crippen LogP contribution in [-0.4, -0.2) is 16.9 Å². The number of amides is 1. The molecule has 6 nitrogen and oxygen atoms in total. The van der Waals surface area contributed by atoms with Crippen LogP contribution >= 0.6 is 34.4 Å². The standard InChI is InChI=1S/C17H14IN3O3S/c18-12-6-8-13(9-7-12)19-15(22)10-11-25-16-17(23)24-20-21(16)14-4-2-1-3-5-14/h1-9H,10-11H2,(H-,19,20,22,23)/p+1. The molecule has 128 valence electrons. The zero-order valence-corrected chi connectivity index (χ0v) is 16.0. The van der Waals surface area contributed by atoms with Crippen molar-refractivity contribution in [2.75, 3.05) is 11.1 Å². The van der Waals surface area contributed by atoms with Gasteiger partial charge >= 0.3 is 10.7 Å². The van der Waals surface area contributed by atoms with E-state index in [-0.39, 0.29) is 12.3 Å². The third-order valence-corrected chi connectivity index (χ3v) is 5.07. The number of aromatic amines is 1. The molecular weight excluding hydrogens is 453 g/mol. The molecule has 0 aliphatic carbocycles. The SMILES string of the molecule is O=C(CCSc1c(=O)o[nH][n+]1-c1ccccc1)Nc1ccc(I)cc1. The highest BCUT2D eigenvalue weighted by atomic mass is 127. The van der Waals surface area contributed by atoms with E-state index in [4.69, 9.17) is 4.52 Å². The van der Waals surface area contributed by atoms with Crippen LogP contribution in [0.1, 0.15) is 6.42 Å². The molecule has 0 aliphatic rings. The van der Waals surface area contributed by atoms with E-state index in [9.17, 15) is 9.59 Å². The van der Waals surface area contributed by atoms with E-state index in [1.165, 1.54) is 11.8 Å². The van der Waals surface area contributed by atoms with E-state index in [1.807, 2.05) is 54.6 Å². The van der Waals surface area contributed by atoms with Gasteiger partial charge in [-0.25, -0.2) is 4.79 Å². The number of aromatic nitrogens is 2. The number of thioether (sulfide) groups is 1.